The van der Waals surface area contributed by atoms with Gasteiger partial charge in [0, 0.05) is 16.2 Å². The molecule has 72 valence electrons. The summed E-state index contributed by atoms with van der Waals surface area (Å²) < 4.78 is 6.24. The molecule has 1 rings (SSSR count). The average molecular weight is 246 g/mol. The van der Waals surface area contributed by atoms with Crippen molar-refractivity contribution in [2.24, 2.45) is 0 Å². The summed E-state index contributed by atoms with van der Waals surface area (Å²) >= 11 is 3.27. The number of hydrogen-bond acceptors (Lipinski definition) is 3. The van der Waals surface area contributed by atoms with Crippen LogP contribution in [0, 0.1) is 0 Å². The highest BCUT2D eigenvalue weighted by molar-refractivity contribution is 9.10. The van der Waals surface area contributed by atoms with E-state index < -0.39 is 0 Å². The van der Waals surface area contributed by atoms with Crippen LogP contribution in [0.4, 0.5) is 0 Å². The minimum absolute atomic E-state index is 0.0610. The maximum absolute atomic E-state index is 9.01. The van der Waals surface area contributed by atoms with Crippen LogP contribution in [0.3, 0.4) is 0 Å². The normalized spacial score (nSPS) is 10.5. The number of nitrogens with zero attached hydrogens (tertiary/aromatic N) is 1. The maximum atomic E-state index is 9.01. The molecule has 1 aromatic rings. The molecule has 0 aliphatic heterocycles. The van der Waals surface area contributed by atoms with Crippen LogP contribution in [0.2, 0.25) is 0 Å². The van der Waals surface area contributed by atoms with Crippen molar-refractivity contribution in [3.8, 4) is 5.88 Å². The molecule has 0 bridgehead atoms. The van der Waals surface area contributed by atoms with Crippen molar-refractivity contribution in [2.75, 3.05) is 0 Å². The van der Waals surface area contributed by atoms with E-state index in [2.05, 4.69) is 20.9 Å². The van der Waals surface area contributed by atoms with E-state index in [-0.39, 0.29) is 12.7 Å². The smallest absolute Gasteiger partial charge is 0.219 e. The van der Waals surface area contributed by atoms with Crippen LogP contribution >= 0.6 is 15.9 Å². The number of rotatable bonds is 3. The van der Waals surface area contributed by atoms with Gasteiger partial charge in [-0.05, 0) is 35.8 Å². The summed E-state index contributed by atoms with van der Waals surface area (Å²) in [6, 6.07) is 1.80. The van der Waals surface area contributed by atoms with E-state index in [1.807, 2.05) is 13.8 Å². The monoisotopic (exact) mass is 245 g/mol. The van der Waals surface area contributed by atoms with Gasteiger partial charge in [-0.2, -0.15) is 0 Å². The molecule has 13 heavy (non-hydrogen) atoms. The van der Waals surface area contributed by atoms with Crippen LogP contribution in [0.1, 0.15) is 19.4 Å². The number of aliphatic hydroxyl groups is 1. The van der Waals surface area contributed by atoms with Crippen LogP contribution in [0.25, 0.3) is 0 Å². The number of halogens is 1. The minimum atomic E-state index is -0.0610. The quantitative estimate of drug-likeness (QED) is 0.888. The lowest BCUT2D eigenvalue weighted by molar-refractivity contribution is 0.216. The first-order valence-electron chi connectivity index (χ1n) is 4.05. The lowest BCUT2D eigenvalue weighted by Crippen LogP contribution is -2.09. The second-order valence-corrected chi connectivity index (χ2v) is 3.86. The fraction of sp³-hybridized carbons (Fsp3) is 0.444. The molecule has 0 atom stereocenters. The molecule has 0 radical (unpaired) electrons. The van der Waals surface area contributed by atoms with E-state index in [9.17, 15) is 0 Å². The number of aliphatic hydroxyl groups excluding tert-OH is 1. The van der Waals surface area contributed by atoms with Gasteiger partial charge in [-0.25, -0.2) is 4.98 Å². The van der Waals surface area contributed by atoms with E-state index in [4.69, 9.17) is 9.84 Å². The lowest BCUT2D eigenvalue weighted by Gasteiger charge is -2.11. The molecule has 0 fully saturated rings. The summed E-state index contributed by atoms with van der Waals surface area (Å²) in [7, 11) is 0. The second-order valence-electron chi connectivity index (χ2n) is 2.94. The summed E-state index contributed by atoms with van der Waals surface area (Å²) in [5, 5.41) is 9.01. The van der Waals surface area contributed by atoms with Gasteiger partial charge >= 0.3 is 0 Å². The Kier molecular flexibility index (Phi) is 3.69. The van der Waals surface area contributed by atoms with Crippen molar-refractivity contribution in [1.29, 1.82) is 0 Å². The first-order valence-corrected chi connectivity index (χ1v) is 4.84. The molecule has 0 saturated carbocycles. The van der Waals surface area contributed by atoms with Gasteiger partial charge in [0.2, 0.25) is 5.88 Å². The molecule has 0 saturated heterocycles. The average Bonchev–Trinajstić information content (AvgIpc) is 2.07. The zero-order valence-corrected chi connectivity index (χ0v) is 9.21. The van der Waals surface area contributed by atoms with Crippen LogP contribution in [-0.4, -0.2) is 16.2 Å². The number of hydrogen-bond donors (Lipinski definition) is 1. The minimum Gasteiger partial charge on any atom is -0.475 e. The van der Waals surface area contributed by atoms with E-state index in [0.717, 1.165) is 4.47 Å². The summed E-state index contributed by atoms with van der Waals surface area (Å²) in [6.07, 6.45) is 1.72. The summed E-state index contributed by atoms with van der Waals surface area (Å²) in [5.41, 5.74) is 0.697. The van der Waals surface area contributed by atoms with Crippen molar-refractivity contribution in [3.05, 3.63) is 22.3 Å². The molecule has 1 aromatic heterocycles. The standard InChI is InChI=1S/C9H12BrNO2/c1-6(2)13-9-7(5-12)3-8(10)4-11-9/h3-4,6,12H,5H2,1-2H3. The molecule has 0 aliphatic carbocycles. The van der Waals surface area contributed by atoms with Gasteiger partial charge in [0.1, 0.15) is 0 Å². The molecule has 1 N–H and O–H groups in total. The van der Waals surface area contributed by atoms with E-state index in [1.54, 1.807) is 12.3 Å². The van der Waals surface area contributed by atoms with Crippen molar-refractivity contribution in [2.45, 2.75) is 26.6 Å². The third kappa shape index (κ3) is 2.97. The third-order valence-corrected chi connectivity index (χ3v) is 1.84. The second kappa shape index (κ2) is 4.58. The van der Waals surface area contributed by atoms with Gasteiger partial charge in [-0.1, -0.05) is 0 Å². The van der Waals surface area contributed by atoms with Gasteiger partial charge in [-0.3, -0.25) is 0 Å². The molecule has 0 amide bonds. The van der Waals surface area contributed by atoms with Gasteiger partial charge in [0.05, 0.1) is 12.7 Å². The Morgan fingerprint density at radius 2 is 2.31 bits per heavy atom. The van der Waals surface area contributed by atoms with Gasteiger partial charge in [0.15, 0.2) is 0 Å². The van der Waals surface area contributed by atoms with Crippen molar-refractivity contribution in [1.82, 2.24) is 4.98 Å². The highest BCUT2D eigenvalue weighted by Gasteiger charge is 2.06. The molecule has 4 heteroatoms. The molecule has 0 spiro atoms. The van der Waals surface area contributed by atoms with Gasteiger partial charge in [-0.15, -0.1) is 0 Å². The highest BCUT2D eigenvalue weighted by atomic mass is 79.9. The zero-order chi connectivity index (χ0) is 9.84. The van der Waals surface area contributed by atoms with Crippen LogP contribution in [0.15, 0.2) is 16.7 Å². The number of ether oxygens (including phenoxy) is 1. The maximum Gasteiger partial charge on any atom is 0.219 e. The Balaban J connectivity index is 2.92. The predicted molar refractivity (Wildman–Crippen MR) is 53.6 cm³/mol. The Labute approximate surface area is 85.9 Å². The first kappa shape index (κ1) is 10.5. The number of aromatic nitrogens is 1. The predicted octanol–water partition coefficient (Wildman–Crippen LogP) is 2.12. The van der Waals surface area contributed by atoms with Crippen LogP contribution < -0.4 is 4.74 Å². The van der Waals surface area contributed by atoms with Crippen molar-refractivity contribution < 1.29 is 9.84 Å². The molecule has 3 nitrogen and oxygen atoms in total. The largest absolute Gasteiger partial charge is 0.475 e. The fourth-order valence-electron chi connectivity index (χ4n) is 0.911. The van der Waals surface area contributed by atoms with E-state index in [0.29, 0.717) is 11.4 Å². The van der Waals surface area contributed by atoms with Gasteiger partial charge < -0.3 is 9.84 Å². The van der Waals surface area contributed by atoms with Crippen molar-refractivity contribution in [3.63, 3.8) is 0 Å². The summed E-state index contributed by atoms with van der Waals surface area (Å²) in [4.78, 5) is 4.06. The van der Waals surface area contributed by atoms with Gasteiger partial charge in [0.25, 0.3) is 0 Å². The summed E-state index contributed by atoms with van der Waals surface area (Å²) in [5.74, 6) is 0.501. The first-order chi connectivity index (χ1) is 6.13. The molecule has 0 aliphatic rings. The van der Waals surface area contributed by atoms with E-state index >= 15 is 0 Å². The lowest BCUT2D eigenvalue weighted by atomic mass is 10.3. The Morgan fingerprint density at radius 1 is 1.62 bits per heavy atom. The molecule has 0 aromatic carbocycles. The Hall–Kier alpha value is -0.610. The Bertz CT molecular complexity index is 289. The highest BCUT2D eigenvalue weighted by Crippen LogP contribution is 2.20. The van der Waals surface area contributed by atoms with Crippen molar-refractivity contribution >= 4 is 15.9 Å². The zero-order valence-electron chi connectivity index (χ0n) is 7.62. The molecular weight excluding hydrogens is 234 g/mol. The third-order valence-electron chi connectivity index (χ3n) is 1.41. The fourth-order valence-corrected chi connectivity index (χ4v) is 1.29. The Morgan fingerprint density at radius 3 is 2.85 bits per heavy atom. The molecular formula is C9H12BrNO2. The van der Waals surface area contributed by atoms with E-state index in [1.165, 1.54) is 0 Å². The van der Waals surface area contributed by atoms with Crippen LogP contribution in [0.5, 0.6) is 5.88 Å². The SMILES string of the molecule is CC(C)Oc1ncc(Br)cc1CO. The topological polar surface area (TPSA) is 42.4 Å². The molecule has 1 heterocycles. The summed E-state index contributed by atoms with van der Waals surface area (Å²) in [6.45, 7) is 3.78. The van der Waals surface area contributed by atoms with Crippen LogP contribution in [-0.2, 0) is 6.61 Å². The number of pyridine rings is 1. The molecule has 0 unspecified atom stereocenters.